The Bertz CT molecular complexity index is 1280. The molecule has 1 amide bonds. The van der Waals surface area contributed by atoms with Crippen LogP contribution in [0.15, 0.2) is 76.0 Å². The Hall–Kier alpha value is -4.27. The number of halogens is 1. The molecular formula is C22H17FN4O4. The van der Waals surface area contributed by atoms with Gasteiger partial charge < -0.3 is 14.6 Å². The molecule has 2 aromatic carbocycles. The summed E-state index contributed by atoms with van der Waals surface area (Å²) in [4.78, 5) is 29.2. The van der Waals surface area contributed by atoms with Crippen LogP contribution in [0.25, 0.3) is 23.0 Å². The molecule has 4 rings (SSSR count). The Morgan fingerprint density at radius 2 is 1.87 bits per heavy atom. The van der Waals surface area contributed by atoms with Crippen molar-refractivity contribution in [2.45, 2.75) is 6.54 Å². The van der Waals surface area contributed by atoms with Crippen molar-refractivity contribution >= 4 is 11.6 Å². The number of hydrogen-bond acceptors (Lipinski definition) is 6. The number of nitrogens with one attached hydrogen (secondary N) is 1. The summed E-state index contributed by atoms with van der Waals surface area (Å²) in [7, 11) is 1.55. The molecular weight excluding hydrogens is 403 g/mol. The molecule has 9 heteroatoms. The fraction of sp³-hybridized carbons (Fsp3) is 0.0909. The van der Waals surface area contributed by atoms with Crippen molar-refractivity contribution in [3.05, 3.63) is 82.9 Å². The van der Waals surface area contributed by atoms with E-state index in [9.17, 15) is 14.0 Å². The highest BCUT2D eigenvalue weighted by molar-refractivity contribution is 5.90. The Morgan fingerprint density at radius 1 is 1.10 bits per heavy atom. The minimum absolute atomic E-state index is 0.00630. The first-order chi connectivity index (χ1) is 15.0. The molecule has 0 fully saturated rings. The number of ether oxygens (including phenoxy) is 1. The van der Waals surface area contributed by atoms with Crippen LogP contribution in [0.1, 0.15) is 0 Å². The summed E-state index contributed by atoms with van der Waals surface area (Å²) < 4.78 is 25.6. The van der Waals surface area contributed by atoms with Gasteiger partial charge in [0.1, 0.15) is 23.8 Å². The number of carbonyl (C=O) groups is 1. The summed E-state index contributed by atoms with van der Waals surface area (Å²) in [5, 5.41) is 6.52. The van der Waals surface area contributed by atoms with E-state index in [1.54, 1.807) is 49.6 Å². The second kappa shape index (κ2) is 8.62. The number of methoxy groups -OCH3 is 1. The molecule has 156 valence electrons. The van der Waals surface area contributed by atoms with E-state index in [0.717, 1.165) is 0 Å². The van der Waals surface area contributed by atoms with Gasteiger partial charge in [-0.2, -0.15) is 4.98 Å². The van der Waals surface area contributed by atoms with E-state index >= 15 is 0 Å². The largest absolute Gasteiger partial charge is 0.497 e. The summed E-state index contributed by atoms with van der Waals surface area (Å²) in [6, 6.07) is 17.2. The first-order valence-corrected chi connectivity index (χ1v) is 9.28. The lowest BCUT2D eigenvalue weighted by atomic mass is 10.2. The van der Waals surface area contributed by atoms with E-state index in [1.807, 2.05) is 0 Å². The Balaban J connectivity index is 1.60. The van der Waals surface area contributed by atoms with Crippen LogP contribution >= 0.6 is 0 Å². The van der Waals surface area contributed by atoms with Crippen molar-refractivity contribution in [3.8, 4) is 28.7 Å². The summed E-state index contributed by atoms with van der Waals surface area (Å²) in [5.74, 6) is -0.235. The van der Waals surface area contributed by atoms with Gasteiger partial charge in [-0.15, -0.1) is 0 Å². The third kappa shape index (κ3) is 4.35. The molecule has 31 heavy (non-hydrogen) atoms. The predicted octanol–water partition coefficient (Wildman–Crippen LogP) is 3.35. The van der Waals surface area contributed by atoms with E-state index in [2.05, 4.69) is 15.5 Å². The second-order valence-electron chi connectivity index (χ2n) is 6.52. The average Bonchev–Trinajstić information content (AvgIpc) is 3.26. The van der Waals surface area contributed by atoms with Crippen LogP contribution < -0.4 is 15.6 Å². The normalized spacial score (nSPS) is 10.6. The average molecular weight is 420 g/mol. The first-order valence-electron chi connectivity index (χ1n) is 9.28. The minimum Gasteiger partial charge on any atom is -0.497 e. The van der Waals surface area contributed by atoms with Crippen molar-refractivity contribution in [2.24, 2.45) is 0 Å². The van der Waals surface area contributed by atoms with Gasteiger partial charge in [0, 0.05) is 11.8 Å². The van der Waals surface area contributed by atoms with Gasteiger partial charge >= 0.3 is 0 Å². The SMILES string of the molecule is COc1ccc(NC(=O)Cn2c(-c3nc(-c4ccccc4F)no3)cccc2=O)cc1. The minimum atomic E-state index is -0.501. The molecule has 0 saturated carbocycles. The molecule has 0 aliphatic rings. The third-order valence-corrected chi connectivity index (χ3v) is 4.49. The molecule has 4 aromatic rings. The predicted molar refractivity (Wildman–Crippen MR) is 111 cm³/mol. The zero-order valence-electron chi connectivity index (χ0n) is 16.4. The highest BCUT2D eigenvalue weighted by atomic mass is 19.1. The number of anilines is 1. The molecule has 0 radical (unpaired) electrons. The van der Waals surface area contributed by atoms with Crippen LogP contribution in [0.2, 0.25) is 0 Å². The molecule has 0 aliphatic carbocycles. The topological polar surface area (TPSA) is 99.2 Å². The lowest BCUT2D eigenvalue weighted by molar-refractivity contribution is -0.116. The first kappa shape index (κ1) is 20.0. The van der Waals surface area contributed by atoms with Gasteiger partial charge in [0.2, 0.25) is 11.7 Å². The summed E-state index contributed by atoms with van der Waals surface area (Å²) in [6.45, 7) is -0.279. The Kier molecular flexibility index (Phi) is 5.57. The van der Waals surface area contributed by atoms with Crippen molar-refractivity contribution < 1.29 is 18.4 Å². The van der Waals surface area contributed by atoms with Crippen LogP contribution in [0, 0.1) is 5.82 Å². The lowest BCUT2D eigenvalue weighted by Gasteiger charge is -2.10. The number of benzene rings is 2. The maximum atomic E-state index is 14.0. The molecule has 8 nitrogen and oxygen atoms in total. The van der Waals surface area contributed by atoms with Crippen LogP contribution in [-0.2, 0) is 11.3 Å². The molecule has 0 unspecified atom stereocenters. The van der Waals surface area contributed by atoms with E-state index < -0.39 is 17.3 Å². The van der Waals surface area contributed by atoms with Crippen molar-refractivity contribution in [3.63, 3.8) is 0 Å². The maximum Gasteiger partial charge on any atom is 0.274 e. The monoisotopic (exact) mass is 420 g/mol. The zero-order valence-corrected chi connectivity index (χ0v) is 16.4. The molecule has 0 bridgehead atoms. The number of amides is 1. The smallest absolute Gasteiger partial charge is 0.274 e. The number of pyridine rings is 1. The Labute approximate surface area is 175 Å². The highest BCUT2D eigenvalue weighted by Crippen LogP contribution is 2.23. The molecule has 2 heterocycles. The van der Waals surface area contributed by atoms with Gasteiger partial charge in [0.15, 0.2) is 0 Å². The number of rotatable bonds is 6. The molecule has 1 N–H and O–H groups in total. The van der Waals surface area contributed by atoms with Crippen molar-refractivity contribution in [2.75, 3.05) is 12.4 Å². The standard InChI is InChI=1S/C22H17FN4O4/c1-30-15-11-9-14(10-12-15)24-19(28)13-27-18(7-4-8-20(27)29)22-25-21(26-31-22)16-5-2-3-6-17(16)23/h2-12H,13H2,1H3,(H,24,28). The molecule has 0 atom stereocenters. The van der Waals surface area contributed by atoms with Crippen LogP contribution in [0.4, 0.5) is 10.1 Å². The van der Waals surface area contributed by atoms with Crippen LogP contribution in [0.5, 0.6) is 5.75 Å². The maximum absolute atomic E-state index is 14.0. The summed E-state index contributed by atoms with van der Waals surface area (Å²) in [5.41, 5.74) is 0.538. The number of aromatic nitrogens is 3. The summed E-state index contributed by atoms with van der Waals surface area (Å²) >= 11 is 0. The van der Waals surface area contributed by atoms with Gasteiger partial charge in [-0.05, 0) is 42.5 Å². The molecule has 0 spiro atoms. The van der Waals surface area contributed by atoms with Crippen LogP contribution in [0.3, 0.4) is 0 Å². The van der Waals surface area contributed by atoms with Gasteiger partial charge in [-0.1, -0.05) is 23.4 Å². The van der Waals surface area contributed by atoms with E-state index in [4.69, 9.17) is 9.26 Å². The van der Waals surface area contributed by atoms with Gasteiger partial charge in [-0.3, -0.25) is 14.2 Å². The lowest BCUT2D eigenvalue weighted by Crippen LogP contribution is -2.28. The number of nitrogens with zero attached hydrogens (tertiary/aromatic N) is 3. The zero-order chi connectivity index (χ0) is 21.8. The fourth-order valence-electron chi connectivity index (χ4n) is 2.97. The van der Waals surface area contributed by atoms with E-state index in [0.29, 0.717) is 11.4 Å². The highest BCUT2D eigenvalue weighted by Gasteiger charge is 2.18. The van der Waals surface area contributed by atoms with E-state index in [-0.39, 0.29) is 29.5 Å². The Morgan fingerprint density at radius 3 is 2.61 bits per heavy atom. The van der Waals surface area contributed by atoms with E-state index in [1.165, 1.54) is 28.8 Å². The van der Waals surface area contributed by atoms with Gasteiger partial charge in [0.05, 0.1) is 12.7 Å². The molecule has 2 aromatic heterocycles. The molecule has 0 saturated heterocycles. The van der Waals surface area contributed by atoms with Crippen molar-refractivity contribution in [1.82, 2.24) is 14.7 Å². The molecule has 0 aliphatic heterocycles. The summed E-state index contributed by atoms with van der Waals surface area (Å²) in [6.07, 6.45) is 0. The van der Waals surface area contributed by atoms with Gasteiger partial charge in [-0.25, -0.2) is 4.39 Å². The number of hydrogen-bond donors (Lipinski definition) is 1. The van der Waals surface area contributed by atoms with Crippen LogP contribution in [-0.4, -0.2) is 27.7 Å². The quantitative estimate of drug-likeness (QED) is 0.514. The van der Waals surface area contributed by atoms with Gasteiger partial charge in [0.25, 0.3) is 11.4 Å². The second-order valence-corrected chi connectivity index (χ2v) is 6.52. The van der Waals surface area contributed by atoms with Crippen molar-refractivity contribution in [1.29, 1.82) is 0 Å². The third-order valence-electron chi connectivity index (χ3n) is 4.49. The number of carbonyl (C=O) groups excluding carboxylic acids is 1. The fourth-order valence-corrected chi connectivity index (χ4v) is 2.97.